The van der Waals surface area contributed by atoms with Crippen molar-refractivity contribution < 1.29 is 9.47 Å². The standard InChI is InChI=1S/C46H68O2S3/c1-11-15-17-19-21-35-25-43(50-45(35)32(7)8)37-27-40(48-30-34(10)14-4)38(28-39(37)47-29-33(9)13-3)44-26-36(22-20-18-16-12-2)46(51-44)42-24-23-41(49-42)31(5)6/h23-28,31-34H,11-22,29-30H2,1-10H3. The minimum absolute atomic E-state index is 0.486. The average Bonchev–Trinajstić information content (AvgIpc) is 3.89. The molecular formula is C46H68O2S3. The van der Waals surface area contributed by atoms with Crippen molar-refractivity contribution in [3.63, 3.8) is 0 Å². The van der Waals surface area contributed by atoms with Crippen molar-refractivity contribution in [2.45, 2.75) is 158 Å². The Morgan fingerprint density at radius 1 is 0.529 bits per heavy atom. The maximum atomic E-state index is 6.85. The number of thiophene rings is 3. The minimum Gasteiger partial charge on any atom is -0.493 e. The number of hydrogen-bond acceptors (Lipinski definition) is 5. The molecule has 4 aromatic rings. The van der Waals surface area contributed by atoms with Gasteiger partial charge >= 0.3 is 0 Å². The highest BCUT2D eigenvalue weighted by Gasteiger charge is 2.23. The zero-order valence-electron chi connectivity index (χ0n) is 33.7. The fraction of sp³-hybridized carbons (Fsp3) is 0.609. The maximum Gasteiger partial charge on any atom is 0.128 e. The van der Waals surface area contributed by atoms with Gasteiger partial charge in [-0.3, -0.25) is 0 Å². The van der Waals surface area contributed by atoms with Crippen molar-refractivity contribution in [3.05, 3.63) is 57.3 Å². The second kappa shape index (κ2) is 21.0. The summed E-state index contributed by atoms with van der Waals surface area (Å²) in [6, 6.07) is 14.3. The molecule has 0 bridgehead atoms. The van der Waals surface area contributed by atoms with E-state index in [4.69, 9.17) is 9.47 Å². The Hall–Kier alpha value is -2.08. The highest BCUT2D eigenvalue weighted by atomic mass is 32.1. The molecule has 0 aliphatic rings. The third kappa shape index (κ3) is 11.7. The SMILES string of the molecule is CCCCCCc1cc(-c2cc(OCC(C)CC)c(-c3cc(CCCCCC)c(C(C)C)s3)cc2OCC(C)CC)sc1-c1ccc(C(C)C)s1. The molecule has 0 amide bonds. The molecule has 0 saturated carbocycles. The van der Waals surface area contributed by atoms with Crippen molar-refractivity contribution in [3.8, 4) is 42.1 Å². The minimum atomic E-state index is 0.486. The molecule has 0 N–H and O–H groups in total. The zero-order valence-corrected chi connectivity index (χ0v) is 36.2. The van der Waals surface area contributed by atoms with Gasteiger partial charge in [-0.2, -0.15) is 0 Å². The molecular weight excluding hydrogens is 681 g/mol. The molecule has 2 nitrogen and oxygen atoms in total. The van der Waals surface area contributed by atoms with Crippen LogP contribution in [0.3, 0.4) is 0 Å². The maximum absolute atomic E-state index is 6.85. The summed E-state index contributed by atoms with van der Waals surface area (Å²) in [4.78, 5) is 8.42. The Morgan fingerprint density at radius 3 is 1.55 bits per heavy atom. The molecule has 0 aliphatic heterocycles. The van der Waals surface area contributed by atoms with E-state index in [1.54, 1.807) is 0 Å². The first-order valence-corrected chi connectivity index (χ1v) is 22.8. The van der Waals surface area contributed by atoms with Crippen molar-refractivity contribution in [1.82, 2.24) is 0 Å². The van der Waals surface area contributed by atoms with Crippen LogP contribution in [-0.2, 0) is 12.8 Å². The van der Waals surface area contributed by atoms with E-state index < -0.39 is 0 Å². The van der Waals surface area contributed by atoms with Gasteiger partial charge in [0.25, 0.3) is 0 Å². The van der Waals surface area contributed by atoms with Gasteiger partial charge in [0.05, 0.1) is 13.2 Å². The summed E-state index contributed by atoms with van der Waals surface area (Å²) in [5, 5.41) is 0. The number of benzene rings is 1. The first-order valence-electron chi connectivity index (χ1n) is 20.4. The van der Waals surface area contributed by atoms with Crippen LogP contribution >= 0.6 is 34.0 Å². The number of ether oxygens (including phenoxy) is 2. The van der Waals surface area contributed by atoms with E-state index in [9.17, 15) is 0 Å². The highest BCUT2D eigenvalue weighted by molar-refractivity contribution is 7.24. The Morgan fingerprint density at radius 2 is 1.06 bits per heavy atom. The summed E-state index contributed by atoms with van der Waals surface area (Å²) >= 11 is 5.89. The second-order valence-electron chi connectivity index (χ2n) is 15.6. The van der Waals surface area contributed by atoms with Gasteiger partial charge in [0.1, 0.15) is 11.5 Å². The van der Waals surface area contributed by atoms with Gasteiger partial charge in [-0.05, 0) is 96.9 Å². The lowest BCUT2D eigenvalue weighted by Gasteiger charge is -2.19. The van der Waals surface area contributed by atoms with Crippen LogP contribution < -0.4 is 9.47 Å². The molecule has 2 unspecified atom stereocenters. The van der Waals surface area contributed by atoms with Gasteiger partial charge in [0, 0.05) is 40.4 Å². The van der Waals surface area contributed by atoms with Crippen LogP contribution in [0.1, 0.15) is 166 Å². The largest absolute Gasteiger partial charge is 0.493 e. The van der Waals surface area contributed by atoms with E-state index in [0.717, 1.165) is 37.2 Å². The Balaban J connectivity index is 1.88. The zero-order chi connectivity index (χ0) is 36.9. The summed E-state index contributed by atoms with van der Waals surface area (Å²) in [7, 11) is 0. The van der Waals surface area contributed by atoms with Crippen LogP contribution in [0.2, 0.25) is 0 Å². The molecule has 5 heteroatoms. The lowest BCUT2D eigenvalue weighted by atomic mass is 10.00. The Bertz CT molecular complexity index is 1600. The molecule has 2 atom stereocenters. The summed E-state index contributed by atoms with van der Waals surface area (Å²) in [6.45, 7) is 24.4. The van der Waals surface area contributed by atoms with E-state index in [-0.39, 0.29) is 0 Å². The van der Waals surface area contributed by atoms with E-state index in [1.165, 1.54) is 103 Å². The van der Waals surface area contributed by atoms with Gasteiger partial charge < -0.3 is 9.47 Å². The van der Waals surface area contributed by atoms with Crippen molar-refractivity contribution in [2.75, 3.05) is 13.2 Å². The van der Waals surface area contributed by atoms with Crippen molar-refractivity contribution in [2.24, 2.45) is 11.8 Å². The monoisotopic (exact) mass is 748 g/mol. The van der Waals surface area contributed by atoms with Crippen LogP contribution in [0, 0.1) is 11.8 Å². The molecule has 1 aromatic carbocycles. The molecule has 4 rings (SSSR count). The van der Waals surface area contributed by atoms with E-state index in [0.29, 0.717) is 36.9 Å². The van der Waals surface area contributed by atoms with Gasteiger partial charge in [-0.15, -0.1) is 34.0 Å². The third-order valence-electron chi connectivity index (χ3n) is 10.2. The Labute approximate surface area is 324 Å². The van der Waals surface area contributed by atoms with Crippen LogP contribution in [0.25, 0.3) is 30.6 Å². The number of hydrogen-bond donors (Lipinski definition) is 0. The summed E-state index contributed by atoms with van der Waals surface area (Å²) < 4.78 is 13.7. The molecule has 0 fully saturated rings. The fourth-order valence-electron chi connectivity index (χ4n) is 6.37. The van der Waals surface area contributed by atoms with Crippen LogP contribution in [0.15, 0.2) is 36.4 Å². The fourth-order valence-corrected chi connectivity index (χ4v) is 9.99. The Kier molecular flexibility index (Phi) is 17.1. The van der Waals surface area contributed by atoms with Gasteiger partial charge in [-0.25, -0.2) is 0 Å². The number of aryl methyl sites for hydroxylation is 2. The predicted molar refractivity (Wildman–Crippen MR) is 230 cm³/mol. The average molecular weight is 749 g/mol. The molecule has 51 heavy (non-hydrogen) atoms. The van der Waals surface area contributed by atoms with Crippen molar-refractivity contribution in [1.29, 1.82) is 0 Å². The predicted octanol–water partition coefficient (Wildman–Crippen LogP) is 16.2. The summed E-state index contributed by atoms with van der Waals surface area (Å²) in [5.74, 6) is 4.00. The molecule has 3 heterocycles. The van der Waals surface area contributed by atoms with Crippen LogP contribution in [0.5, 0.6) is 11.5 Å². The highest BCUT2D eigenvalue weighted by Crippen LogP contribution is 2.49. The first kappa shape index (κ1) is 41.7. The first-order chi connectivity index (χ1) is 24.6. The molecule has 0 spiro atoms. The molecule has 0 saturated heterocycles. The number of rotatable bonds is 23. The molecule has 3 aromatic heterocycles. The van der Waals surface area contributed by atoms with Gasteiger partial charge in [0.2, 0.25) is 0 Å². The van der Waals surface area contributed by atoms with Crippen molar-refractivity contribution >= 4 is 34.0 Å². The van der Waals surface area contributed by atoms with E-state index in [1.807, 2.05) is 34.0 Å². The smallest absolute Gasteiger partial charge is 0.128 e. The van der Waals surface area contributed by atoms with Gasteiger partial charge in [0.15, 0.2) is 0 Å². The van der Waals surface area contributed by atoms with Gasteiger partial charge in [-0.1, -0.05) is 121 Å². The lowest BCUT2D eigenvalue weighted by molar-refractivity contribution is 0.252. The van der Waals surface area contributed by atoms with Crippen LogP contribution in [0.4, 0.5) is 0 Å². The topological polar surface area (TPSA) is 18.5 Å². The van der Waals surface area contributed by atoms with Crippen LogP contribution in [-0.4, -0.2) is 13.2 Å². The molecule has 282 valence electrons. The summed E-state index contributed by atoms with van der Waals surface area (Å²) in [5.41, 5.74) is 5.36. The second-order valence-corrected chi connectivity index (χ2v) is 18.8. The lowest BCUT2D eigenvalue weighted by Crippen LogP contribution is -2.10. The molecule has 0 aliphatic carbocycles. The van der Waals surface area contributed by atoms with E-state index >= 15 is 0 Å². The normalized spacial score (nSPS) is 13.0. The quantitative estimate of drug-likeness (QED) is 0.0703. The van der Waals surface area contributed by atoms with E-state index in [2.05, 4.69) is 106 Å². The molecule has 0 radical (unpaired) electrons. The number of unbranched alkanes of at least 4 members (excludes halogenated alkanes) is 6. The third-order valence-corrected chi connectivity index (χ3v) is 14.5. The summed E-state index contributed by atoms with van der Waals surface area (Å²) in [6.07, 6.45) is 14.7.